The van der Waals surface area contributed by atoms with Gasteiger partial charge < -0.3 is 4.74 Å². The van der Waals surface area contributed by atoms with Crippen LogP contribution < -0.4 is 5.32 Å². The molecule has 0 aromatic rings. The molecule has 0 aliphatic heterocycles. The minimum atomic E-state index is -0.681. The molecule has 0 rings (SSSR count). The smallest absolute Gasteiger partial charge is 0.326 e. The standard InChI is InChI=1S/C12H25NO2/c1-10(2,3)12(7,9(14)15-8)13-11(4,5)6/h13H,1-8H3. The normalized spacial score (nSPS) is 17.1. The van der Waals surface area contributed by atoms with E-state index in [0.29, 0.717) is 0 Å². The van der Waals surface area contributed by atoms with Crippen LogP contribution in [-0.4, -0.2) is 24.2 Å². The van der Waals surface area contributed by atoms with Crippen LogP contribution >= 0.6 is 0 Å². The van der Waals surface area contributed by atoms with Gasteiger partial charge in [-0.1, -0.05) is 20.8 Å². The largest absolute Gasteiger partial charge is 0.468 e. The van der Waals surface area contributed by atoms with Crippen LogP contribution in [0.15, 0.2) is 0 Å². The van der Waals surface area contributed by atoms with Crippen LogP contribution in [0.3, 0.4) is 0 Å². The van der Waals surface area contributed by atoms with Gasteiger partial charge in [-0.15, -0.1) is 0 Å². The average molecular weight is 215 g/mol. The number of rotatable bonds is 2. The van der Waals surface area contributed by atoms with Crippen LogP contribution in [0.5, 0.6) is 0 Å². The summed E-state index contributed by atoms with van der Waals surface area (Å²) in [5.41, 5.74) is -1.01. The molecule has 0 heterocycles. The second kappa shape index (κ2) is 4.12. The number of methoxy groups -OCH3 is 1. The van der Waals surface area contributed by atoms with Crippen molar-refractivity contribution in [2.75, 3.05) is 7.11 Å². The van der Waals surface area contributed by atoms with Gasteiger partial charge in [0, 0.05) is 5.54 Å². The molecule has 1 unspecified atom stereocenters. The molecule has 0 saturated carbocycles. The Morgan fingerprint density at radius 1 is 1.00 bits per heavy atom. The van der Waals surface area contributed by atoms with Crippen molar-refractivity contribution in [1.82, 2.24) is 5.32 Å². The Bertz CT molecular complexity index is 235. The summed E-state index contributed by atoms with van der Waals surface area (Å²) < 4.78 is 4.89. The molecular weight excluding hydrogens is 190 g/mol. The van der Waals surface area contributed by atoms with Crippen molar-refractivity contribution in [3.05, 3.63) is 0 Å². The van der Waals surface area contributed by atoms with Crippen molar-refractivity contribution >= 4 is 5.97 Å². The summed E-state index contributed by atoms with van der Waals surface area (Å²) in [6.45, 7) is 14.1. The molecule has 0 aromatic heterocycles. The first-order valence-corrected chi connectivity index (χ1v) is 5.32. The molecule has 0 radical (unpaired) electrons. The van der Waals surface area contributed by atoms with Gasteiger partial charge in [-0.25, -0.2) is 0 Å². The Kier molecular flexibility index (Phi) is 3.97. The first-order valence-electron chi connectivity index (χ1n) is 5.32. The Hall–Kier alpha value is -0.570. The van der Waals surface area contributed by atoms with Crippen LogP contribution in [0.25, 0.3) is 0 Å². The minimum Gasteiger partial charge on any atom is -0.468 e. The van der Waals surface area contributed by atoms with E-state index in [1.807, 2.05) is 48.5 Å². The molecule has 0 aromatic carbocycles. The van der Waals surface area contributed by atoms with Crippen LogP contribution in [0.2, 0.25) is 0 Å². The SMILES string of the molecule is COC(=O)C(C)(NC(C)(C)C)C(C)(C)C. The van der Waals surface area contributed by atoms with E-state index in [0.717, 1.165) is 0 Å². The summed E-state index contributed by atoms with van der Waals surface area (Å²) in [6, 6.07) is 0. The molecule has 1 atom stereocenters. The zero-order chi connectivity index (χ0) is 12.5. The summed E-state index contributed by atoms with van der Waals surface area (Å²) >= 11 is 0. The lowest BCUT2D eigenvalue weighted by Gasteiger charge is -2.44. The molecular formula is C12H25NO2. The first kappa shape index (κ1) is 14.4. The minimum absolute atomic E-state index is 0.129. The number of hydrogen-bond donors (Lipinski definition) is 1. The van der Waals surface area contributed by atoms with Crippen LogP contribution in [0.1, 0.15) is 48.5 Å². The lowest BCUT2D eigenvalue weighted by Crippen LogP contribution is -2.64. The predicted molar refractivity (Wildman–Crippen MR) is 62.8 cm³/mol. The zero-order valence-corrected chi connectivity index (χ0v) is 11.3. The van der Waals surface area contributed by atoms with Crippen molar-refractivity contribution in [2.24, 2.45) is 5.41 Å². The lowest BCUT2D eigenvalue weighted by molar-refractivity contribution is -0.154. The second-order valence-electron chi connectivity index (χ2n) is 6.24. The number of hydrogen-bond acceptors (Lipinski definition) is 3. The Morgan fingerprint density at radius 2 is 1.40 bits per heavy atom. The van der Waals surface area contributed by atoms with E-state index in [4.69, 9.17) is 4.74 Å². The van der Waals surface area contributed by atoms with Crippen molar-refractivity contribution < 1.29 is 9.53 Å². The zero-order valence-electron chi connectivity index (χ0n) is 11.3. The first-order chi connectivity index (χ1) is 6.44. The number of carbonyl (C=O) groups excluding carboxylic acids is 1. The molecule has 0 fully saturated rings. The fraction of sp³-hybridized carbons (Fsp3) is 0.917. The van der Waals surface area contributed by atoms with Crippen LogP contribution in [0, 0.1) is 5.41 Å². The van der Waals surface area contributed by atoms with Crippen molar-refractivity contribution in [3.8, 4) is 0 Å². The number of nitrogens with one attached hydrogen (secondary N) is 1. The van der Waals surface area contributed by atoms with E-state index in [1.54, 1.807) is 0 Å². The van der Waals surface area contributed by atoms with Crippen LogP contribution in [-0.2, 0) is 9.53 Å². The van der Waals surface area contributed by atoms with Gasteiger partial charge >= 0.3 is 5.97 Å². The van der Waals surface area contributed by atoms with Crippen molar-refractivity contribution in [2.45, 2.75) is 59.5 Å². The van der Waals surface area contributed by atoms with E-state index in [-0.39, 0.29) is 16.9 Å². The summed E-state index contributed by atoms with van der Waals surface area (Å²) in [4.78, 5) is 11.9. The van der Waals surface area contributed by atoms with Gasteiger partial charge in [0.05, 0.1) is 7.11 Å². The Balaban J connectivity index is 5.14. The van der Waals surface area contributed by atoms with Crippen molar-refractivity contribution in [3.63, 3.8) is 0 Å². The molecule has 0 saturated heterocycles. The second-order valence-corrected chi connectivity index (χ2v) is 6.24. The highest BCUT2D eigenvalue weighted by molar-refractivity contribution is 5.81. The van der Waals surface area contributed by atoms with Crippen molar-refractivity contribution in [1.29, 1.82) is 0 Å². The highest BCUT2D eigenvalue weighted by Gasteiger charge is 2.47. The highest BCUT2D eigenvalue weighted by Crippen LogP contribution is 2.32. The molecule has 15 heavy (non-hydrogen) atoms. The average Bonchev–Trinajstić information content (AvgIpc) is 1.97. The van der Waals surface area contributed by atoms with Gasteiger partial charge in [0.15, 0.2) is 0 Å². The fourth-order valence-electron chi connectivity index (χ4n) is 1.50. The molecule has 3 nitrogen and oxygen atoms in total. The quantitative estimate of drug-likeness (QED) is 0.719. The molecule has 0 spiro atoms. The number of carbonyl (C=O) groups is 1. The maximum atomic E-state index is 11.9. The van der Waals surface area contributed by atoms with Gasteiger partial charge in [0.25, 0.3) is 0 Å². The summed E-state index contributed by atoms with van der Waals surface area (Å²) in [5.74, 6) is -0.218. The topological polar surface area (TPSA) is 38.3 Å². The molecule has 90 valence electrons. The third-order valence-corrected chi connectivity index (χ3v) is 2.72. The maximum absolute atomic E-state index is 11.9. The third kappa shape index (κ3) is 3.49. The molecule has 1 N–H and O–H groups in total. The lowest BCUT2D eigenvalue weighted by atomic mass is 9.73. The third-order valence-electron chi connectivity index (χ3n) is 2.72. The van der Waals surface area contributed by atoms with Gasteiger partial charge in [0.2, 0.25) is 0 Å². The maximum Gasteiger partial charge on any atom is 0.326 e. The van der Waals surface area contributed by atoms with E-state index >= 15 is 0 Å². The molecule has 0 aliphatic carbocycles. The van der Waals surface area contributed by atoms with E-state index in [1.165, 1.54) is 7.11 Å². The van der Waals surface area contributed by atoms with E-state index in [2.05, 4.69) is 5.32 Å². The summed E-state index contributed by atoms with van der Waals surface area (Å²) in [5, 5.41) is 3.35. The van der Waals surface area contributed by atoms with E-state index in [9.17, 15) is 4.79 Å². The van der Waals surface area contributed by atoms with Gasteiger partial charge in [-0.2, -0.15) is 0 Å². The summed E-state index contributed by atoms with van der Waals surface area (Å²) in [6.07, 6.45) is 0. The predicted octanol–water partition coefficient (Wildman–Crippen LogP) is 2.35. The number of ether oxygens (including phenoxy) is 1. The van der Waals surface area contributed by atoms with Gasteiger partial charge in [-0.05, 0) is 33.1 Å². The van der Waals surface area contributed by atoms with Crippen LogP contribution in [0.4, 0.5) is 0 Å². The molecule has 3 heteroatoms. The highest BCUT2D eigenvalue weighted by atomic mass is 16.5. The molecule has 0 amide bonds. The van der Waals surface area contributed by atoms with Gasteiger partial charge in [-0.3, -0.25) is 10.1 Å². The molecule has 0 aliphatic rings. The molecule has 0 bridgehead atoms. The number of esters is 1. The van der Waals surface area contributed by atoms with Gasteiger partial charge in [0.1, 0.15) is 5.54 Å². The summed E-state index contributed by atoms with van der Waals surface area (Å²) in [7, 11) is 1.43. The van der Waals surface area contributed by atoms with E-state index < -0.39 is 5.54 Å². The Labute approximate surface area is 93.6 Å². The monoisotopic (exact) mass is 215 g/mol. The Morgan fingerprint density at radius 3 is 1.60 bits per heavy atom. The fourth-order valence-corrected chi connectivity index (χ4v) is 1.50.